The first-order valence-electron chi connectivity index (χ1n) is 6.89. The summed E-state index contributed by atoms with van der Waals surface area (Å²) in [6.07, 6.45) is 0.227. The van der Waals surface area contributed by atoms with Gasteiger partial charge in [0.2, 0.25) is 0 Å². The van der Waals surface area contributed by atoms with Gasteiger partial charge < -0.3 is 9.64 Å². The molecule has 21 heavy (non-hydrogen) atoms. The normalized spacial score (nSPS) is 17.1. The van der Waals surface area contributed by atoms with E-state index in [0.717, 1.165) is 17.5 Å². The van der Waals surface area contributed by atoms with Gasteiger partial charge in [-0.3, -0.25) is 4.79 Å². The molecule has 0 saturated carbocycles. The number of nitrogens with zero attached hydrogens (tertiary/aromatic N) is 1. The fraction of sp³-hybridized carbons (Fsp3) is 0.235. The molecule has 0 aliphatic carbocycles. The van der Waals surface area contributed by atoms with Gasteiger partial charge in [0.05, 0.1) is 6.61 Å². The number of amides is 1. The Morgan fingerprint density at radius 2 is 1.90 bits per heavy atom. The molecule has 0 saturated heterocycles. The van der Waals surface area contributed by atoms with Gasteiger partial charge in [-0.2, -0.15) is 0 Å². The lowest BCUT2D eigenvalue weighted by Gasteiger charge is -2.29. The van der Waals surface area contributed by atoms with E-state index in [9.17, 15) is 9.18 Å². The Labute approximate surface area is 123 Å². The highest BCUT2D eigenvalue weighted by molar-refractivity contribution is 5.97. The molecule has 0 N–H and O–H groups in total. The summed E-state index contributed by atoms with van der Waals surface area (Å²) < 4.78 is 18.6. The van der Waals surface area contributed by atoms with Crippen molar-refractivity contribution < 1.29 is 13.9 Å². The molecule has 2 aromatic rings. The average Bonchev–Trinajstić information content (AvgIpc) is 2.53. The Kier molecular flexibility index (Phi) is 3.71. The number of fused-ring (bicyclic) bond motifs is 1. The van der Waals surface area contributed by atoms with Crippen LogP contribution in [0, 0.1) is 5.82 Å². The molecule has 2 aromatic carbocycles. The van der Waals surface area contributed by atoms with Crippen LogP contribution in [-0.4, -0.2) is 19.6 Å². The third-order valence-corrected chi connectivity index (χ3v) is 3.76. The van der Waals surface area contributed by atoms with Crippen LogP contribution in [0.5, 0.6) is 0 Å². The summed E-state index contributed by atoms with van der Waals surface area (Å²) in [6, 6.07) is 13.7. The first-order valence-corrected chi connectivity index (χ1v) is 6.89. The highest BCUT2D eigenvalue weighted by Gasteiger charge is 2.29. The van der Waals surface area contributed by atoms with E-state index in [1.165, 1.54) is 17.0 Å². The number of carbonyl (C=O) groups is 1. The summed E-state index contributed by atoms with van der Waals surface area (Å²) in [5, 5.41) is 0. The molecule has 1 amide bonds. The Hall–Kier alpha value is -2.20. The van der Waals surface area contributed by atoms with Crippen molar-refractivity contribution in [3.63, 3.8) is 0 Å². The van der Waals surface area contributed by atoms with E-state index < -0.39 is 6.10 Å². The number of halogens is 1. The van der Waals surface area contributed by atoms with Crippen molar-refractivity contribution in [3.05, 3.63) is 65.5 Å². The molecule has 0 radical (unpaired) electrons. The summed E-state index contributed by atoms with van der Waals surface area (Å²) in [6.45, 7) is 0.532. The van der Waals surface area contributed by atoms with Gasteiger partial charge in [-0.05, 0) is 41.8 Å². The summed E-state index contributed by atoms with van der Waals surface area (Å²) in [4.78, 5) is 14.2. The molecule has 1 aliphatic rings. The van der Waals surface area contributed by atoms with E-state index in [1.807, 2.05) is 24.3 Å². The van der Waals surface area contributed by atoms with E-state index in [2.05, 4.69) is 0 Å². The minimum atomic E-state index is -0.593. The molecule has 0 fully saturated rings. The molecule has 1 atom stereocenters. The number of likely N-dealkylation sites (N-methyl/N-ethyl adjacent to an activating group) is 1. The van der Waals surface area contributed by atoms with E-state index in [-0.39, 0.29) is 11.7 Å². The summed E-state index contributed by atoms with van der Waals surface area (Å²) >= 11 is 0. The largest absolute Gasteiger partial charge is 0.363 e. The number of benzene rings is 2. The zero-order valence-electron chi connectivity index (χ0n) is 11.8. The maximum absolute atomic E-state index is 13.0. The SMILES string of the molecule is CN(C(=O)C1OCCc2ccccc21)c1ccc(F)cc1. The topological polar surface area (TPSA) is 29.5 Å². The van der Waals surface area contributed by atoms with E-state index in [0.29, 0.717) is 12.3 Å². The molecule has 0 spiro atoms. The molecule has 1 heterocycles. The van der Waals surface area contributed by atoms with Crippen LogP contribution in [0.1, 0.15) is 17.2 Å². The van der Waals surface area contributed by atoms with Crippen LogP contribution in [0.3, 0.4) is 0 Å². The molecule has 3 rings (SSSR count). The molecular weight excluding hydrogens is 269 g/mol. The third-order valence-electron chi connectivity index (χ3n) is 3.76. The predicted molar refractivity (Wildman–Crippen MR) is 78.6 cm³/mol. The number of hydrogen-bond donors (Lipinski definition) is 0. The molecule has 1 unspecified atom stereocenters. The van der Waals surface area contributed by atoms with Crippen LogP contribution in [0.2, 0.25) is 0 Å². The van der Waals surface area contributed by atoms with Crippen LogP contribution in [0.4, 0.5) is 10.1 Å². The minimum absolute atomic E-state index is 0.145. The number of ether oxygens (including phenoxy) is 1. The summed E-state index contributed by atoms with van der Waals surface area (Å²) in [5.41, 5.74) is 2.71. The number of carbonyl (C=O) groups excluding carboxylic acids is 1. The molecule has 0 aromatic heterocycles. The zero-order valence-corrected chi connectivity index (χ0v) is 11.8. The lowest BCUT2D eigenvalue weighted by Crippen LogP contribution is -2.35. The Bertz CT molecular complexity index is 654. The van der Waals surface area contributed by atoms with Crippen molar-refractivity contribution in [3.8, 4) is 0 Å². The van der Waals surface area contributed by atoms with Gasteiger partial charge in [0.15, 0.2) is 6.10 Å². The Morgan fingerprint density at radius 3 is 2.67 bits per heavy atom. The van der Waals surface area contributed by atoms with Crippen molar-refractivity contribution in [2.24, 2.45) is 0 Å². The van der Waals surface area contributed by atoms with E-state index in [4.69, 9.17) is 4.74 Å². The van der Waals surface area contributed by atoms with Gasteiger partial charge >= 0.3 is 0 Å². The predicted octanol–water partition coefficient (Wildman–Crippen LogP) is 3.10. The minimum Gasteiger partial charge on any atom is -0.363 e. The monoisotopic (exact) mass is 285 g/mol. The maximum atomic E-state index is 13.0. The van der Waals surface area contributed by atoms with Crippen LogP contribution >= 0.6 is 0 Å². The Balaban J connectivity index is 1.87. The van der Waals surface area contributed by atoms with Gasteiger partial charge in [0.25, 0.3) is 5.91 Å². The highest BCUT2D eigenvalue weighted by atomic mass is 19.1. The van der Waals surface area contributed by atoms with Gasteiger partial charge in [-0.15, -0.1) is 0 Å². The molecule has 3 nitrogen and oxygen atoms in total. The molecule has 1 aliphatic heterocycles. The first kappa shape index (κ1) is 13.8. The Morgan fingerprint density at radius 1 is 1.19 bits per heavy atom. The highest BCUT2D eigenvalue weighted by Crippen LogP contribution is 2.29. The van der Waals surface area contributed by atoms with Crippen molar-refractivity contribution in [2.45, 2.75) is 12.5 Å². The number of rotatable bonds is 2. The third kappa shape index (κ3) is 2.67. The molecule has 108 valence electrons. The number of anilines is 1. The summed E-state index contributed by atoms with van der Waals surface area (Å²) in [7, 11) is 1.68. The summed E-state index contributed by atoms with van der Waals surface area (Å²) in [5.74, 6) is -0.465. The molecule has 0 bridgehead atoms. The lowest BCUT2D eigenvalue weighted by atomic mass is 9.97. The number of hydrogen-bond acceptors (Lipinski definition) is 2. The van der Waals surface area contributed by atoms with Crippen molar-refractivity contribution in [1.82, 2.24) is 0 Å². The smallest absolute Gasteiger partial charge is 0.260 e. The van der Waals surface area contributed by atoms with Crippen molar-refractivity contribution in [2.75, 3.05) is 18.6 Å². The zero-order chi connectivity index (χ0) is 14.8. The molecule has 4 heteroatoms. The van der Waals surface area contributed by atoms with Crippen LogP contribution in [0.25, 0.3) is 0 Å². The van der Waals surface area contributed by atoms with Crippen molar-refractivity contribution >= 4 is 11.6 Å². The van der Waals surface area contributed by atoms with Crippen LogP contribution in [0.15, 0.2) is 48.5 Å². The fourth-order valence-corrected chi connectivity index (χ4v) is 2.57. The fourth-order valence-electron chi connectivity index (χ4n) is 2.57. The second-order valence-electron chi connectivity index (χ2n) is 5.07. The van der Waals surface area contributed by atoms with Crippen molar-refractivity contribution in [1.29, 1.82) is 0 Å². The van der Waals surface area contributed by atoms with Gasteiger partial charge in [-0.1, -0.05) is 24.3 Å². The van der Waals surface area contributed by atoms with E-state index >= 15 is 0 Å². The second-order valence-corrected chi connectivity index (χ2v) is 5.07. The van der Waals surface area contributed by atoms with Crippen LogP contribution < -0.4 is 4.90 Å². The van der Waals surface area contributed by atoms with Gasteiger partial charge in [-0.25, -0.2) is 4.39 Å². The van der Waals surface area contributed by atoms with Crippen LogP contribution in [-0.2, 0) is 16.0 Å². The quantitative estimate of drug-likeness (QED) is 0.848. The van der Waals surface area contributed by atoms with E-state index in [1.54, 1.807) is 19.2 Å². The maximum Gasteiger partial charge on any atom is 0.260 e. The average molecular weight is 285 g/mol. The molecular formula is C17H16FNO2. The first-order chi connectivity index (χ1) is 10.2. The van der Waals surface area contributed by atoms with Gasteiger partial charge in [0, 0.05) is 12.7 Å². The standard InChI is InChI=1S/C17H16FNO2/c1-19(14-8-6-13(18)7-9-14)17(20)16-15-5-3-2-4-12(15)10-11-21-16/h2-9,16H,10-11H2,1H3. The second kappa shape index (κ2) is 5.66. The lowest BCUT2D eigenvalue weighted by molar-refractivity contribution is -0.131. The van der Waals surface area contributed by atoms with Gasteiger partial charge in [0.1, 0.15) is 5.82 Å².